The molecule has 5 rings (SSSR count). The number of imidazole rings is 1. The molecule has 5 aromatic rings. The zero-order valence-electron chi connectivity index (χ0n) is 22.9. The van der Waals surface area contributed by atoms with Crippen molar-refractivity contribution in [3.05, 3.63) is 119 Å². The zero-order chi connectivity index (χ0) is 28.1. The van der Waals surface area contributed by atoms with Crippen LogP contribution in [0.1, 0.15) is 57.4 Å². The molecule has 0 spiro atoms. The van der Waals surface area contributed by atoms with Gasteiger partial charge in [0.25, 0.3) is 5.91 Å². The van der Waals surface area contributed by atoms with E-state index in [4.69, 9.17) is 4.98 Å². The second-order valence-electron chi connectivity index (χ2n) is 10.0. The first-order valence-corrected chi connectivity index (χ1v) is 13.7. The third-order valence-electron chi connectivity index (χ3n) is 7.20. The van der Waals surface area contributed by atoms with E-state index < -0.39 is 5.97 Å². The average molecular weight is 532 g/mol. The number of hydrogen-bond acceptors (Lipinski definition) is 3. The summed E-state index contributed by atoms with van der Waals surface area (Å²) in [6.07, 6.45) is 3.62. The number of nitrogens with one attached hydrogen (secondary N) is 1. The van der Waals surface area contributed by atoms with Gasteiger partial charge < -0.3 is 10.4 Å². The van der Waals surface area contributed by atoms with Crippen LogP contribution in [0.3, 0.4) is 0 Å². The number of rotatable bonds is 10. The summed E-state index contributed by atoms with van der Waals surface area (Å²) in [5, 5.41) is 12.7. The van der Waals surface area contributed by atoms with Crippen molar-refractivity contribution in [1.82, 2.24) is 14.9 Å². The van der Waals surface area contributed by atoms with Gasteiger partial charge >= 0.3 is 5.97 Å². The highest BCUT2D eigenvalue weighted by atomic mass is 16.4. The third-order valence-corrected chi connectivity index (χ3v) is 7.20. The molecule has 0 aliphatic rings. The van der Waals surface area contributed by atoms with Crippen LogP contribution < -0.4 is 5.32 Å². The molecule has 6 nitrogen and oxygen atoms in total. The van der Waals surface area contributed by atoms with Crippen molar-refractivity contribution in [3.63, 3.8) is 0 Å². The van der Waals surface area contributed by atoms with Gasteiger partial charge in [0.1, 0.15) is 5.82 Å². The van der Waals surface area contributed by atoms with E-state index in [1.54, 1.807) is 12.1 Å². The molecular formula is C34H33N3O3. The van der Waals surface area contributed by atoms with Crippen LogP contribution in [0.2, 0.25) is 0 Å². The fourth-order valence-electron chi connectivity index (χ4n) is 5.12. The second kappa shape index (κ2) is 12.0. The second-order valence-corrected chi connectivity index (χ2v) is 10.0. The number of aromatic nitrogens is 2. The first-order valence-electron chi connectivity index (χ1n) is 13.7. The molecule has 0 unspecified atom stereocenters. The first-order chi connectivity index (χ1) is 19.5. The van der Waals surface area contributed by atoms with Crippen molar-refractivity contribution < 1.29 is 14.7 Å². The Morgan fingerprint density at radius 2 is 1.65 bits per heavy atom. The minimum atomic E-state index is -0.948. The van der Waals surface area contributed by atoms with E-state index in [2.05, 4.69) is 35.0 Å². The van der Waals surface area contributed by atoms with Gasteiger partial charge in [-0.25, -0.2) is 9.78 Å². The lowest BCUT2D eigenvalue weighted by atomic mass is 9.95. The summed E-state index contributed by atoms with van der Waals surface area (Å²) < 4.78 is 2.13. The first kappa shape index (κ1) is 26.9. The number of carboxylic acid groups (broad SMARTS) is 1. The molecule has 6 heteroatoms. The summed E-state index contributed by atoms with van der Waals surface area (Å²) in [7, 11) is 0. The van der Waals surface area contributed by atoms with Crippen molar-refractivity contribution in [2.24, 2.45) is 0 Å². The molecule has 202 valence electrons. The lowest BCUT2D eigenvalue weighted by molar-refractivity contribution is 0.0697. The normalized spacial score (nSPS) is 11.1. The monoisotopic (exact) mass is 531 g/mol. The molecule has 1 aromatic heterocycles. The molecule has 1 amide bonds. The number of amides is 1. The minimum absolute atomic E-state index is 0.113. The molecule has 40 heavy (non-hydrogen) atoms. The van der Waals surface area contributed by atoms with Gasteiger partial charge in [0, 0.05) is 24.2 Å². The smallest absolute Gasteiger partial charge is 0.336 e. The van der Waals surface area contributed by atoms with Gasteiger partial charge in [-0.1, -0.05) is 67.9 Å². The Balaban J connectivity index is 1.49. The summed E-state index contributed by atoms with van der Waals surface area (Å²) in [5.74, 6) is -0.120. The number of nitrogens with zero attached hydrogens (tertiary/aromatic N) is 2. The van der Waals surface area contributed by atoms with Crippen molar-refractivity contribution >= 4 is 22.9 Å². The standard InChI is InChI=1S/C34H33N3O3/c1-3-4-14-32-36-30-18-15-25(33(38)35-20-19-24-10-6-5-7-11-24)22-31(30)37(32)26-16-17-27(23(2)21-26)28-12-8-9-13-29(28)34(39)40/h5-13,15-18,21-22H,3-4,14,19-20H2,1-2H3,(H,35,38)(H,39,40). The Bertz CT molecular complexity index is 1670. The van der Waals surface area contributed by atoms with E-state index in [0.717, 1.165) is 59.4 Å². The van der Waals surface area contributed by atoms with Gasteiger partial charge in [0.05, 0.1) is 16.6 Å². The Morgan fingerprint density at radius 1 is 0.875 bits per heavy atom. The van der Waals surface area contributed by atoms with Crippen LogP contribution >= 0.6 is 0 Å². The fourth-order valence-corrected chi connectivity index (χ4v) is 5.12. The van der Waals surface area contributed by atoms with E-state index in [0.29, 0.717) is 17.7 Å². The lowest BCUT2D eigenvalue weighted by Crippen LogP contribution is -2.25. The Kier molecular flexibility index (Phi) is 8.06. The molecule has 0 aliphatic heterocycles. The van der Waals surface area contributed by atoms with Crippen LogP contribution in [0.25, 0.3) is 27.8 Å². The predicted octanol–water partition coefficient (Wildman–Crippen LogP) is 7.01. The van der Waals surface area contributed by atoms with E-state index in [1.807, 2.05) is 67.6 Å². The SMILES string of the molecule is CCCCc1nc2ccc(C(=O)NCCc3ccccc3)cc2n1-c1ccc(-c2ccccc2C(=O)O)c(C)c1. The number of aryl methyl sites for hydroxylation is 2. The highest BCUT2D eigenvalue weighted by molar-refractivity contribution is 5.98. The quantitative estimate of drug-likeness (QED) is 0.203. The summed E-state index contributed by atoms with van der Waals surface area (Å²) in [5.41, 5.74) is 7.22. The Morgan fingerprint density at radius 3 is 2.40 bits per heavy atom. The number of carbonyl (C=O) groups excluding carboxylic acids is 1. The fraction of sp³-hybridized carbons (Fsp3) is 0.206. The average Bonchev–Trinajstić information content (AvgIpc) is 3.34. The van der Waals surface area contributed by atoms with E-state index >= 15 is 0 Å². The van der Waals surface area contributed by atoms with Gasteiger partial charge in [0.2, 0.25) is 0 Å². The number of unbranched alkanes of at least 4 members (excludes halogenated alkanes) is 1. The number of carboxylic acids is 1. The van der Waals surface area contributed by atoms with E-state index in [1.165, 1.54) is 5.56 Å². The molecular weight excluding hydrogens is 498 g/mol. The van der Waals surface area contributed by atoms with Gasteiger partial charge in [-0.05, 0) is 78.4 Å². The predicted molar refractivity (Wildman–Crippen MR) is 159 cm³/mol. The summed E-state index contributed by atoms with van der Waals surface area (Å²) in [6.45, 7) is 4.71. The molecule has 0 fully saturated rings. The summed E-state index contributed by atoms with van der Waals surface area (Å²) in [4.78, 5) is 29.8. The number of carbonyl (C=O) groups is 2. The molecule has 0 bridgehead atoms. The van der Waals surface area contributed by atoms with Crippen LogP contribution in [0.4, 0.5) is 0 Å². The van der Waals surface area contributed by atoms with Crippen molar-refractivity contribution in [3.8, 4) is 16.8 Å². The van der Waals surface area contributed by atoms with Crippen molar-refractivity contribution in [2.45, 2.75) is 39.5 Å². The Labute approximate surface area is 234 Å². The minimum Gasteiger partial charge on any atom is -0.478 e. The Hall–Kier alpha value is -4.71. The summed E-state index contributed by atoms with van der Waals surface area (Å²) in [6, 6.07) is 28.9. The zero-order valence-corrected chi connectivity index (χ0v) is 22.9. The molecule has 0 atom stereocenters. The van der Waals surface area contributed by atoms with Gasteiger partial charge in [-0.15, -0.1) is 0 Å². The van der Waals surface area contributed by atoms with E-state index in [-0.39, 0.29) is 11.5 Å². The van der Waals surface area contributed by atoms with Gasteiger partial charge in [-0.2, -0.15) is 0 Å². The highest BCUT2D eigenvalue weighted by Crippen LogP contribution is 2.31. The molecule has 0 radical (unpaired) electrons. The van der Waals surface area contributed by atoms with Crippen LogP contribution in [-0.4, -0.2) is 33.1 Å². The number of benzene rings is 4. The topological polar surface area (TPSA) is 84.2 Å². The van der Waals surface area contributed by atoms with Crippen LogP contribution in [0.15, 0.2) is 91.0 Å². The molecule has 1 heterocycles. The van der Waals surface area contributed by atoms with Crippen LogP contribution in [0, 0.1) is 6.92 Å². The molecule has 0 aliphatic carbocycles. The molecule has 0 saturated carbocycles. The van der Waals surface area contributed by atoms with Gasteiger partial charge in [0.15, 0.2) is 0 Å². The van der Waals surface area contributed by atoms with Crippen LogP contribution in [0.5, 0.6) is 0 Å². The molecule has 0 saturated heterocycles. The maximum absolute atomic E-state index is 13.1. The maximum atomic E-state index is 13.1. The van der Waals surface area contributed by atoms with Crippen molar-refractivity contribution in [2.75, 3.05) is 6.54 Å². The molecule has 2 N–H and O–H groups in total. The largest absolute Gasteiger partial charge is 0.478 e. The summed E-state index contributed by atoms with van der Waals surface area (Å²) >= 11 is 0. The number of fused-ring (bicyclic) bond motifs is 1. The van der Waals surface area contributed by atoms with Crippen LogP contribution in [-0.2, 0) is 12.8 Å². The number of aromatic carboxylic acids is 1. The lowest BCUT2D eigenvalue weighted by Gasteiger charge is -2.14. The highest BCUT2D eigenvalue weighted by Gasteiger charge is 2.17. The molecule has 4 aromatic carbocycles. The van der Waals surface area contributed by atoms with Gasteiger partial charge in [-0.3, -0.25) is 9.36 Å². The third kappa shape index (κ3) is 5.66. The number of hydrogen-bond donors (Lipinski definition) is 2. The van der Waals surface area contributed by atoms with Crippen molar-refractivity contribution in [1.29, 1.82) is 0 Å². The van der Waals surface area contributed by atoms with E-state index in [9.17, 15) is 14.7 Å². The maximum Gasteiger partial charge on any atom is 0.336 e.